The first-order chi connectivity index (χ1) is 12.6. The Kier molecular flexibility index (Phi) is 12.2. The molecule has 6 nitrogen and oxygen atoms in total. The second kappa shape index (κ2) is 13.6. The molecule has 0 aromatic carbocycles. The molecule has 0 N–H and O–H groups in total. The van der Waals surface area contributed by atoms with Crippen molar-refractivity contribution in [3.8, 4) is 0 Å². The summed E-state index contributed by atoms with van der Waals surface area (Å²) in [6.07, 6.45) is 9.49. The van der Waals surface area contributed by atoms with Gasteiger partial charge < -0.3 is 14.2 Å². The maximum atomic E-state index is 11.5. The van der Waals surface area contributed by atoms with E-state index in [9.17, 15) is 14.4 Å². The average molecular weight is 378 g/mol. The fraction of sp³-hybridized carbons (Fsp3) is 0.476. The average Bonchev–Trinajstić information content (AvgIpc) is 2.53. The summed E-state index contributed by atoms with van der Waals surface area (Å²) < 4.78 is 15.0. The first-order valence-corrected chi connectivity index (χ1v) is 8.79. The van der Waals surface area contributed by atoms with Crippen molar-refractivity contribution in [2.24, 2.45) is 0 Å². The van der Waals surface area contributed by atoms with Gasteiger partial charge in [-0.2, -0.15) is 0 Å². The summed E-state index contributed by atoms with van der Waals surface area (Å²) in [7, 11) is 0. The Bertz CT molecular complexity index is 633. The van der Waals surface area contributed by atoms with Crippen molar-refractivity contribution in [3.63, 3.8) is 0 Å². The normalized spacial score (nSPS) is 13.1. The van der Waals surface area contributed by atoms with E-state index in [4.69, 9.17) is 14.2 Å². The smallest absolute Gasteiger partial charge is 0.307 e. The molecule has 27 heavy (non-hydrogen) atoms. The predicted molar refractivity (Wildman–Crippen MR) is 103 cm³/mol. The molecule has 6 heteroatoms. The van der Waals surface area contributed by atoms with Crippen molar-refractivity contribution in [1.29, 1.82) is 0 Å². The lowest BCUT2D eigenvalue weighted by Gasteiger charge is -2.17. The highest BCUT2D eigenvalue weighted by Gasteiger charge is 2.16. The first kappa shape index (κ1) is 24.4. The van der Waals surface area contributed by atoms with E-state index in [0.29, 0.717) is 12.0 Å². The topological polar surface area (TPSA) is 78.9 Å². The number of carbonyl (C=O) groups is 3. The third kappa shape index (κ3) is 14.2. The van der Waals surface area contributed by atoms with E-state index in [1.54, 1.807) is 0 Å². The Balaban J connectivity index is 5.34. The van der Waals surface area contributed by atoms with E-state index < -0.39 is 24.0 Å². The zero-order valence-corrected chi connectivity index (χ0v) is 17.0. The van der Waals surface area contributed by atoms with Gasteiger partial charge in [-0.1, -0.05) is 23.3 Å². The van der Waals surface area contributed by atoms with Gasteiger partial charge in [-0.05, 0) is 39.7 Å². The van der Waals surface area contributed by atoms with Crippen LogP contribution in [0.1, 0.15) is 60.8 Å². The van der Waals surface area contributed by atoms with E-state index in [0.717, 1.165) is 18.4 Å². The Hall–Kier alpha value is -2.63. The minimum Gasteiger partial charge on any atom is -0.457 e. The summed E-state index contributed by atoms with van der Waals surface area (Å²) in [5.41, 5.74) is 2.82. The molecule has 0 aromatic rings. The van der Waals surface area contributed by atoms with Crippen LogP contribution >= 0.6 is 0 Å². The van der Waals surface area contributed by atoms with Crippen LogP contribution in [0.25, 0.3) is 0 Å². The standard InChI is InChI=1S/C21H30O6/c1-15(2)8-7-9-16(3)10-11-21(27-19(6)24)20(14-26-18(5)23)12-13-25-17(4)22/h8,10,12-14,21H,7,9,11H2,1-6H3/b13-12+,16-10+,20-14-. The first-order valence-electron chi connectivity index (χ1n) is 8.79. The molecule has 0 aromatic heterocycles. The van der Waals surface area contributed by atoms with Gasteiger partial charge >= 0.3 is 17.9 Å². The number of esters is 3. The molecule has 1 unspecified atom stereocenters. The summed E-state index contributed by atoms with van der Waals surface area (Å²) in [6, 6.07) is 0. The minimum atomic E-state index is -0.674. The molecule has 0 amide bonds. The quantitative estimate of drug-likeness (QED) is 0.183. The maximum absolute atomic E-state index is 11.5. The van der Waals surface area contributed by atoms with E-state index >= 15 is 0 Å². The van der Waals surface area contributed by atoms with Crippen molar-refractivity contribution < 1.29 is 28.6 Å². The van der Waals surface area contributed by atoms with Gasteiger partial charge in [-0.15, -0.1) is 0 Å². The molecule has 1 atom stereocenters. The van der Waals surface area contributed by atoms with E-state index in [1.807, 2.05) is 13.0 Å². The molecule has 0 heterocycles. The van der Waals surface area contributed by atoms with Gasteiger partial charge in [0.25, 0.3) is 0 Å². The molecule has 0 saturated carbocycles. The number of carbonyl (C=O) groups excluding carboxylic acids is 3. The second-order valence-corrected chi connectivity index (χ2v) is 6.34. The van der Waals surface area contributed by atoms with Gasteiger partial charge in [0, 0.05) is 32.8 Å². The molecule has 0 rings (SSSR count). The number of rotatable bonds is 10. The Labute approximate surface area is 161 Å². The fourth-order valence-corrected chi connectivity index (χ4v) is 2.03. The largest absolute Gasteiger partial charge is 0.457 e. The maximum Gasteiger partial charge on any atom is 0.307 e. The lowest BCUT2D eigenvalue weighted by Crippen LogP contribution is -2.18. The number of hydrogen-bond acceptors (Lipinski definition) is 6. The number of allylic oxidation sites excluding steroid dienone is 3. The molecule has 0 bridgehead atoms. The summed E-state index contributed by atoms with van der Waals surface area (Å²) >= 11 is 0. The molecule has 0 aliphatic carbocycles. The van der Waals surface area contributed by atoms with E-state index in [-0.39, 0.29) is 0 Å². The summed E-state index contributed by atoms with van der Waals surface area (Å²) in [4.78, 5) is 33.5. The molecule has 150 valence electrons. The van der Waals surface area contributed by atoms with Crippen LogP contribution in [0.5, 0.6) is 0 Å². The zero-order chi connectivity index (χ0) is 20.8. The second-order valence-electron chi connectivity index (χ2n) is 6.34. The number of ether oxygens (including phenoxy) is 3. The lowest BCUT2D eigenvalue weighted by atomic mass is 10.0. The van der Waals surface area contributed by atoms with Gasteiger partial charge in [0.1, 0.15) is 12.4 Å². The van der Waals surface area contributed by atoms with Crippen molar-refractivity contribution in [2.75, 3.05) is 0 Å². The summed E-state index contributed by atoms with van der Waals surface area (Å²) in [5, 5.41) is 0. The van der Waals surface area contributed by atoms with Crippen LogP contribution < -0.4 is 0 Å². The number of hydrogen-bond donors (Lipinski definition) is 0. The van der Waals surface area contributed by atoms with Crippen LogP contribution in [0.15, 0.2) is 47.5 Å². The van der Waals surface area contributed by atoms with Crippen molar-refractivity contribution >= 4 is 17.9 Å². The predicted octanol–water partition coefficient (Wildman–Crippen LogP) is 4.52. The van der Waals surface area contributed by atoms with Crippen molar-refractivity contribution in [1.82, 2.24) is 0 Å². The van der Waals surface area contributed by atoms with Gasteiger partial charge in [0.05, 0.1) is 6.26 Å². The third-order valence-corrected chi connectivity index (χ3v) is 3.31. The Morgan fingerprint density at radius 2 is 1.48 bits per heavy atom. The van der Waals surface area contributed by atoms with E-state index in [2.05, 4.69) is 19.9 Å². The SMILES string of the molecule is CC(=O)O/C=C(/C=C/OC(C)=O)C(C/C=C(\C)CCC=C(C)C)OC(C)=O. The van der Waals surface area contributed by atoms with Crippen LogP contribution in [0.2, 0.25) is 0 Å². The van der Waals surface area contributed by atoms with Gasteiger partial charge in [0.2, 0.25) is 0 Å². The van der Waals surface area contributed by atoms with Crippen LogP contribution in [-0.2, 0) is 28.6 Å². The van der Waals surface area contributed by atoms with Crippen LogP contribution in [0, 0.1) is 0 Å². The highest BCUT2D eigenvalue weighted by molar-refractivity contribution is 5.68. The van der Waals surface area contributed by atoms with E-state index in [1.165, 1.54) is 44.9 Å². The third-order valence-electron chi connectivity index (χ3n) is 3.31. The molecule has 0 spiro atoms. The van der Waals surface area contributed by atoms with Gasteiger partial charge in [-0.3, -0.25) is 14.4 Å². The molecular formula is C21H30O6. The fourth-order valence-electron chi connectivity index (χ4n) is 2.03. The van der Waals surface area contributed by atoms with Crippen molar-refractivity contribution in [2.45, 2.75) is 66.9 Å². The van der Waals surface area contributed by atoms with Gasteiger partial charge in [0.15, 0.2) is 0 Å². The minimum absolute atomic E-state index is 0.398. The van der Waals surface area contributed by atoms with Crippen LogP contribution in [0.3, 0.4) is 0 Å². The molecular weight excluding hydrogens is 348 g/mol. The van der Waals surface area contributed by atoms with Crippen LogP contribution in [0.4, 0.5) is 0 Å². The van der Waals surface area contributed by atoms with Crippen molar-refractivity contribution in [3.05, 3.63) is 47.5 Å². The molecule has 0 fully saturated rings. The molecule has 0 aliphatic rings. The Morgan fingerprint density at radius 3 is 2.00 bits per heavy atom. The highest BCUT2D eigenvalue weighted by Crippen LogP contribution is 2.17. The zero-order valence-electron chi connectivity index (χ0n) is 17.0. The monoisotopic (exact) mass is 378 g/mol. The Morgan fingerprint density at radius 1 is 0.852 bits per heavy atom. The van der Waals surface area contributed by atoms with Crippen LogP contribution in [-0.4, -0.2) is 24.0 Å². The molecule has 0 saturated heterocycles. The molecule has 0 aliphatic heterocycles. The molecule has 0 radical (unpaired) electrons. The summed E-state index contributed by atoms with van der Waals surface area (Å²) in [6.45, 7) is 9.94. The van der Waals surface area contributed by atoms with Gasteiger partial charge in [-0.25, -0.2) is 0 Å². The highest BCUT2D eigenvalue weighted by atomic mass is 16.5. The lowest BCUT2D eigenvalue weighted by molar-refractivity contribution is -0.144. The summed E-state index contributed by atoms with van der Waals surface area (Å²) in [5.74, 6) is -1.47.